The van der Waals surface area contributed by atoms with Crippen molar-refractivity contribution in [2.45, 2.75) is 24.7 Å². The van der Waals surface area contributed by atoms with Gasteiger partial charge in [-0.15, -0.1) is 11.8 Å². The third-order valence-electron chi connectivity index (χ3n) is 3.40. The van der Waals surface area contributed by atoms with E-state index in [1.165, 1.54) is 16.0 Å². The van der Waals surface area contributed by atoms with Gasteiger partial charge in [-0.2, -0.15) is 0 Å². The maximum absolute atomic E-state index is 5.64. The molecule has 0 heterocycles. The van der Waals surface area contributed by atoms with Gasteiger partial charge in [0.15, 0.2) is 11.5 Å². The summed E-state index contributed by atoms with van der Waals surface area (Å²) < 4.78 is 11.0. The first-order valence-corrected chi connectivity index (χ1v) is 8.42. The molecule has 0 saturated heterocycles. The topological polar surface area (TPSA) is 18.5 Å². The maximum atomic E-state index is 5.64. The van der Waals surface area contributed by atoms with Crippen LogP contribution in [0.4, 0.5) is 0 Å². The molecule has 0 saturated carbocycles. The SMILES string of the molecule is CCOc1cc(CCc2ccccc2SC)ccc1OC. The molecule has 0 aliphatic carbocycles. The lowest BCUT2D eigenvalue weighted by molar-refractivity contribution is 0.310. The van der Waals surface area contributed by atoms with E-state index < -0.39 is 0 Å². The van der Waals surface area contributed by atoms with Gasteiger partial charge in [-0.1, -0.05) is 24.3 Å². The third kappa shape index (κ3) is 4.18. The molecule has 0 aliphatic rings. The molecule has 0 aromatic heterocycles. The van der Waals surface area contributed by atoms with Crippen LogP contribution in [0.2, 0.25) is 0 Å². The van der Waals surface area contributed by atoms with Gasteiger partial charge in [0.1, 0.15) is 0 Å². The first-order chi connectivity index (χ1) is 10.3. The Labute approximate surface area is 131 Å². The van der Waals surface area contributed by atoms with Crippen molar-refractivity contribution in [1.82, 2.24) is 0 Å². The molecular weight excluding hydrogens is 280 g/mol. The zero-order valence-electron chi connectivity index (χ0n) is 12.9. The van der Waals surface area contributed by atoms with Crippen LogP contribution in [0.25, 0.3) is 0 Å². The van der Waals surface area contributed by atoms with Gasteiger partial charge >= 0.3 is 0 Å². The Bertz CT molecular complexity index is 581. The van der Waals surface area contributed by atoms with E-state index in [2.05, 4.69) is 42.7 Å². The first kappa shape index (κ1) is 15.8. The smallest absolute Gasteiger partial charge is 0.161 e. The van der Waals surface area contributed by atoms with Gasteiger partial charge in [0, 0.05) is 4.90 Å². The minimum Gasteiger partial charge on any atom is -0.493 e. The zero-order chi connectivity index (χ0) is 15.1. The molecule has 112 valence electrons. The number of hydrogen-bond donors (Lipinski definition) is 0. The van der Waals surface area contributed by atoms with Crippen molar-refractivity contribution in [2.75, 3.05) is 20.0 Å². The maximum Gasteiger partial charge on any atom is 0.161 e. The molecule has 0 bridgehead atoms. The molecule has 0 fully saturated rings. The van der Waals surface area contributed by atoms with Crippen LogP contribution in [0.5, 0.6) is 11.5 Å². The Morgan fingerprint density at radius 2 is 1.81 bits per heavy atom. The van der Waals surface area contributed by atoms with Crippen LogP contribution in [0.1, 0.15) is 18.1 Å². The molecule has 0 atom stereocenters. The lowest BCUT2D eigenvalue weighted by Crippen LogP contribution is -1.98. The molecule has 2 aromatic rings. The number of benzene rings is 2. The van der Waals surface area contributed by atoms with Crippen molar-refractivity contribution in [3.63, 3.8) is 0 Å². The monoisotopic (exact) mass is 302 g/mol. The van der Waals surface area contributed by atoms with Gasteiger partial charge < -0.3 is 9.47 Å². The lowest BCUT2D eigenvalue weighted by atomic mass is 10.0. The quantitative estimate of drug-likeness (QED) is 0.696. The average Bonchev–Trinajstić information content (AvgIpc) is 2.53. The summed E-state index contributed by atoms with van der Waals surface area (Å²) in [5.74, 6) is 1.63. The predicted octanol–water partition coefficient (Wildman–Crippen LogP) is 4.60. The van der Waals surface area contributed by atoms with Crippen molar-refractivity contribution in [1.29, 1.82) is 0 Å². The van der Waals surface area contributed by atoms with Gasteiger partial charge in [-0.25, -0.2) is 0 Å². The van der Waals surface area contributed by atoms with Crippen molar-refractivity contribution in [2.24, 2.45) is 0 Å². The molecule has 0 amide bonds. The second-order valence-corrected chi connectivity index (χ2v) is 5.58. The lowest BCUT2D eigenvalue weighted by Gasteiger charge is -2.12. The van der Waals surface area contributed by atoms with Gasteiger partial charge in [0.05, 0.1) is 13.7 Å². The zero-order valence-corrected chi connectivity index (χ0v) is 13.7. The van der Waals surface area contributed by atoms with Gasteiger partial charge in [-0.05, 0) is 55.3 Å². The first-order valence-electron chi connectivity index (χ1n) is 7.20. The predicted molar refractivity (Wildman–Crippen MR) is 89.8 cm³/mol. The van der Waals surface area contributed by atoms with Gasteiger partial charge in [0.25, 0.3) is 0 Å². The molecule has 0 aliphatic heterocycles. The van der Waals surface area contributed by atoms with Gasteiger partial charge in [0.2, 0.25) is 0 Å². The highest BCUT2D eigenvalue weighted by Crippen LogP contribution is 2.29. The summed E-state index contributed by atoms with van der Waals surface area (Å²) in [6.45, 7) is 2.63. The summed E-state index contributed by atoms with van der Waals surface area (Å²) in [5.41, 5.74) is 2.67. The summed E-state index contributed by atoms with van der Waals surface area (Å²) in [7, 11) is 1.67. The van der Waals surface area contributed by atoms with Crippen LogP contribution >= 0.6 is 11.8 Å². The minimum absolute atomic E-state index is 0.648. The standard InChI is InChI=1S/C18H22O2S/c1-4-20-17-13-14(10-12-16(17)19-2)9-11-15-7-5-6-8-18(15)21-3/h5-8,10,12-13H,4,9,11H2,1-3H3. The Kier molecular flexibility index (Phi) is 6.00. The molecular formula is C18H22O2S. The fraction of sp³-hybridized carbons (Fsp3) is 0.333. The minimum atomic E-state index is 0.648. The van der Waals surface area contributed by atoms with Crippen LogP contribution in [0.3, 0.4) is 0 Å². The van der Waals surface area contributed by atoms with Crippen LogP contribution in [0.15, 0.2) is 47.4 Å². The summed E-state index contributed by atoms with van der Waals surface area (Å²) in [6.07, 6.45) is 4.16. The molecule has 21 heavy (non-hydrogen) atoms. The number of aryl methyl sites for hydroxylation is 2. The Balaban J connectivity index is 2.11. The Morgan fingerprint density at radius 3 is 2.52 bits per heavy atom. The van der Waals surface area contributed by atoms with E-state index in [1.807, 2.05) is 13.0 Å². The molecule has 0 unspecified atom stereocenters. The van der Waals surface area contributed by atoms with Gasteiger partial charge in [-0.3, -0.25) is 0 Å². The van der Waals surface area contributed by atoms with Crippen LogP contribution in [-0.2, 0) is 12.8 Å². The molecule has 0 spiro atoms. The van der Waals surface area contributed by atoms with E-state index in [-0.39, 0.29) is 0 Å². The highest BCUT2D eigenvalue weighted by atomic mass is 32.2. The average molecular weight is 302 g/mol. The van der Waals surface area contributed by atoms with Crippen molar-refractivity contribution in [3.8, 4) is 11.5 Å². The van der Waals surface area contributed by atoms with E-state index in [0.29, 0.717) is 6.61 Å². The van der Waals surface area contributed by atoms with Crippen molar-refractivity contribution < 1.29 is 9.47 Å². The summed E-state index contributed by atoms with van der Waals surface area (Å²) >= 11 is 1.80. The summed E-state index contributed by atoms with van der Waals surface area (Å²) in [4.78, 5) is 1.36. The van der Waals surface area contributed by atoms with E-state index in [9.17, 15) is 0 Å². The molecule has 0 N–H and O–H groups in total. The summed E-state index contributed by atoms with van der Waals surface area (Å²) in [5, 5.41) is 0. The van der Waals surface area contributed by atoms with Crippen LogP contribution < -0.4 is 9.47 Å². The normalized spacial score (nSPS) is 10.4. The van der Waals surface area contributed by atoms with Crippen LogP contribution in [0, 0.1) is 0 Å². The fourth-order valence-electron chi connectivity index (χ4n) is 2.33. The molecule has 2 aromatic carbocycles. The highest BCUT2D eigenvalue weighted by molar-refractivity contribution is 7.98. The second-order valence-electron chi connectivity index (χ2n) is 4.73. The van der Waals surface area contributed by atoms with E-state index in [4.69, 9.17) is 9.47 Å². The molecule has 0 radical (unpaired) electrons. The fourth-order valence-corrected chi connectivity index (χ4v) is 2.98. The number of hydrogen-bond acceptors (Lipinski definition) is 3. The number of methoxy groups -OCH3 is 1. The number of ether oxygens (including phenoxy) is 2. The summed E-state index contributed by atoms with van der Waals surface area (Å²) in [6, 6.07) is 14.8. The molecule has 2 nitrogen and oxygen atoms in total. The second kappa shape index (κ2) is 7.99. The van der Waals surface area contributed by atoms with Crippen molar-refractivity contribution >= 4 is 11.8 Å². The number of thioether (sulfide) groups is 1. The highest BCUT2D eigenvalue weighted by Gasteiger charge is 2.06. The molecule has 2 rings (SSSR count). The van der Waals surface area contributed by atoms with Crippen LogP contribution in [-0.4, -0.2) is 20.0 Å². The Hall–Kier alpha value is -1.61. The van der Waals surface area contributed by atoms with E-state index >= 15 is 0 Å². The number of rotatable bonds is 7. The largest absolute Gasteiger partial charge is 0.493 e. The third-order valence-corrected chi connectivity index (χ3v) is 4.24. The van der Waals surface area contributed by atoms with Crippen molar-refractivity contribution in [3.05, 3.63) is 53.6 Å². The Morgan fingerprint density at radius 1 is 1.00 bits per heavy atom. The van der Waals surface area contributed by atoms with E-state index in [1.54, 1.807) is 18.9 Å². The molecule has 3 heteroatoms. The van der Waals surface area contributed by atoms with E-state index in [0.717, 1.165) is 24.3 Å².